The van der Waals surface area contributed by atoms with Gasteiger partial charge in [0.15, 0.2) is 23.0 Å². The van der Waals surface area contributed by atoms with Crippen LogP contribution in [0.5, 0.6) is 23.0 Å². The predicted octanol–water partition coefficient (Wildman–Crippen LogP) is 3.78. The maximum atomic E-state index is 11.5. The van der Waals surface area contributed by atoms with E-state index in [1.54, 1.807) is 0 Å². The van der Waals surface area contributed by atoms with Crippen LogP contribution in [0.15, 0.2) is 36.4 Å². The molecule has 0 saturated heterocycles. The molecule has 6 heteroatoms. The van der Waals surface area contributed by atoms with Gasteiger partial charge in [-0.05, 0) is 94.6 Å². The first-order valence-electron chi connectivity index (χ1n) is 10.6. The Kier molecular flexibility index (Phi) is 6.35. The van der Waals surface area contributed by atoms with Crippen LogP contribution in [0.25, 0.3) is 0 Å². The molecule has 0 atom stereocenters. The molecule has 0 saturated carbocycles. The molecule has 2 aromatic rings. The van der Waals surface area contributed by atoms with E-state index in [0.29, 0.717) is 12.8 Å². The number of aliphatic hydroxyl groups is 1. The van der Waals surface area contributed by atoms with Crippen molar-refractivity contribution in [3.05, 3.63) is 47.5 Å². The summed E-state index contributed by atoms with van der Waals surface area (Å²) in [6.07, 6.45) is 4.77. The number of aryl methyl sites for hydroxylation is 2. The van der Waals surface area contributed by atoms with Gasteiger partial charge in [-0.15, -0.1) is 0 Å². The fraction of sp³-hybridized carbons (Fsp3) is 0.500. The molecule has 0 spiro atoms. The highest BCUT2D eigenvalue weighted by atomic mass is 16.7. The highest BCUT2D eigenvalue weighted by Gasteiger charge is 2.27. The third-order valence-corrected chi connectivity index (χ3v) is 5.88. The van der Waals surface area contributed by atoms with Crippen LogP contribution in [-0.2, 0) is 12.8 Å². The second-order valence-electron chi connectivity index (χ2n) is 8.51. The van der Waals surface area contributed by atoms with Gasteiger partial charge in [0, 0.05) is 0 Å². The number of hydrogen-bond donors (Lipinski definition) is 1. The Hall–Kier alpha value is -2.44. The fourth-order valence-corrected chi connectivity index (χ4v) is 4.05. The molecular weight excluding hydrogens is 382 g/mol. The normalized spacial score (nSPS) is 14.5. The summed E-state index contributed by atoms with van der Waals surface area (Å²) in [5.41, 5.74) is 1.60. The lowest BCUT2D eigenvalue weighted by Gasteiger charge is -2.29. The number of hydrogen-bond acceptors (Lipinski definition) is 6. The summed E-state index contributed by atoms with van der Waals surface area (Å²) < 4.78 is 21.8. The summed E-state index contributed by atoms with van der Waals surface area (Å²) in [5, 5.41) is 11.5. The Labute approximate surface area is 178 Å². The van der Waals surface area contributed by atoms with Gasteiger partial charge in [-0.1, -0.05) is 12.1 Å². The largest absolute Gasteiger partial charge is 0.454 e. The Balaban J connectivity index is 1.39. The van der Waals surface area contributed by atoms with E-state index >= 15 is 0 Å². The van der Waals surface area contributed by atoms with Crippen LogP contribution in [-0.4, -0.2) is 49.8 Å². The van der Waals surface area contributed by atoms with Crippen LogP contribution in [0.1, 0.15) is 36.8 Å². The van der Waals surface area contributed by atoms with E-state index < -0.39 is 5.60 Å². The fourth-order valence-electron chi connectivity index (χ4n) is 4.05. The Morgan fingerprint density at radius 3 is 1.77 bits per heavy atom. The number of rotatable bonds is 10. The Bertz CT molecular complexity index is 805. The smallest absolute Gasteiger partial charge is 0.231 e. The molecule has 6 nitrogen and oxygen atoms in total. The van der Waals surface area contributed by atoms with Crippen LogP contribution in [0.4, 0.5) is 0 Å². The molecule has 2 heterocycles. The highest BCUT2D eigenvalue weighted by molar-refractivity contribution is 5.45. The summed E-state index contributed by atoms with van der Waals surface area (Å²) in [7, 11) is 4.14. The maximum absolute atomic E-state index is 11.5. The summed E-state index contributed by atoms with van der Waals surface area (Å²) in [5.74, 6) is 3.18. The molecule has 0 aromatic heterocycles. The zero-order valence-electron chi connectivity index (χ0n) is 17.9. The Morgan fingerprint density at radius 2 is 1.27 bits per heavy atom. The minimum Gasteiger partial charge on any atom is -0.454 e. The summed E-state index contributed by atoms with van der Waals surface area (Å²) in [4.78, 5) is 2.16. The molecule has 30 heavy (non-hydrogen) atoms. The molecule has 2 aliphatic rings. The van der Waals surface area contributed by atoms with Gasteiger partial charge in [0.25, 0.3) is 0 Å². The van der Waals surface area contributed by atoms with Crippen molar-refractivity contribution >= 4 is 0 Å². The molecule has 0 bridgehead atoms. The summed E-state index contributed by atoms with van der Waals surface area (Å²) in [6, 6.07) is 12.1. The van der Waals surface area contributed by atoms with Crippen molar-refractivity contribution in [2.24, 2.45) is 0 Å². The van der Waals surface area contributed by atoms with Crippen LogP contribution in [0.3, 0.4) is 0 Å². The standard InChI is InChI=1S/C24H31NO5/c1-25(2)13-3-10-24(26,11-8-18-4-6-20-22(14-18)29-16-27-20)12-9-19-5-7-21-23(15-19)30-17-28-21/h4-7,14-15,26H,3,8-13,16-17H2,1-2H3. The lowest BCUT2D eigenvalue weighted by atomic mass is 9.85. The topological polar surface area (TPSA) is 60.4 Å². The van der Waals surface area contributed by atoms with E-state index in [1.165, 1.54) is 0 Å². The lowest BCUT2D eigenvalue weighted by Crippen LogP contribution is -2.31. The molecule has 0 amide bonds. The minimum atomic E-state index is -0.719. The molecular formula is C24H31NO5. The maximum Gasteiger partial charge on any atom is 0.231 e. The van der Waals surface area contributed by atoms with Crippen LogP contribution < -0.4 is 18.9 Å². The van der Waals surface area contributed by atoms with E-state index in [1.807, 2.05) is 24.3 Å². The molecule has 0 fully saturated rings. The summed E-state index contributed by atoms with van der Waals surface area (Å²) in [6.45, 7) is 1.53. The van der Waals surface area contributed by atoms with Crippen LogP contribution in [0, 0.1) is 0 Å². The molecule has 0 radical (unpaired) electrons. The van der Waals surface area contributed by atoms with E-state index in [4.69, 9.17) is 18.9 Å². The molecule has 1 N–H and O–H groups in total. The van der Waals surface area contributed by atoms with Gasteiger partial charge in [-0.2, -0.15) is 0 Å². The lowest BCUT2D eigenvalue weighted by molar-refractivity contribution is 0.0115. The molecule has 162 valence electrons. The van der Waals surface area contributed by atoms with Gasteiger partial charge in [0.05, 0.1) is 5.60 Å². The van der Waals surface area contributed by atoms with Gasteiger partial charge in [-0.3, -0.25) is 0 Å². The van der Waals surface area contributed by atoms with Gasteiger partial charge >= 0.3 is 0 Å². The van der Waals surface area contributed by atoms with E-state index in [2.05, 4.69) is 31.1 Å². The first-order valence-corrected chi connectivity index (χ1v) is 10.6. The second kappa shape index (κ2) is 9.14. The summed E-state index contributed by atoms with van der Waals surface area (Å²) >= 11 is 0. The van der Waals surface area contributed by atoms with Crippen molar-refractivity contribution in [3.63, 3.8) is 0 Å². The van der Waals surface area contributed by atoms with Gasteiger partial charge in [0.2, 0.25) is 13.6 Å². The van der Waals surface area contributed by atoms with Crippen molar-refractivity contribution in [2.75, 3.05) is 34.2 Å². The monoisotopic (exact) mass is 413 g/mol. The van der Waals surface area contributed by atoms with Crippen molar-refractivity contribution < 1.29 is 24.1 Å². The van der Waals surface area contributed by atoms with Crippen LogP contribution in [0.2, 0.25) is 0 Å². The first kappa shape index (κ1) is 20.8. The highest BCUT2D eigenvalue weighted by Crippen LogP contribution is 2.35. The van der Waals surface area contributed by atoms with Gasteiger partial charge in [0.1, 0.15) is 0 Å². The minimum absolute atomic E-state index is 0.281. The number of nitrogens with zero attached hydrogens (tertiary/aromatic N) is 1. The molecule has 2 aliphatic heterocycles. The third kappa shape index (κ3) is 5.18. The first-order chi connectivity index (χ1) is 14.5. The molecule has 0 unspecified atom stereocenters. The van der Waals surface area contributed by atoms with E-state index in [-0.39, 0.29) is 13.6 Å². The van der Waals surface area contributed by atoms with E-state index in [9.17, 15) is 5.11 Å². The predicted molar refractivity (Wildman–Crippen MR) is 115 cm³/mol. The molecule has 0 aliphatic carbocycles. The molecule has 2 aromatic carbocycles. The number of fused-ring (bicyclic) bond motifs is 2. The SMILES string of the molecule is CN(C)CCCC(O)(CCc1ccc2c(c1)OCO2)CCc1ccc2c(c1)OCO2. The number of ether oxygens (including phenoxy) is 4. The van der Waals surface area contributed by atoms with Gasteiger partial charge < -0.3 is 29.0 Å². The average Bonchev–Trinajstić information content (AvgIpc) is 3.39. The van der Waals surface area contributed by atoms with Crippen molar-refractivity contribution in [2.45, 2.75) is 44.1 Å². The van der Waals surface area contributed by atoms with Crippen molar-refractivity contribution in [3.8, 4) is 23.0 Å². The van der Waals surface area contributed by atoms with Gasteiger partial charge in [-0.25, -0.2) is 0 Å². The number of benzene rings is 2. The zero-order chi connectivity index (χ0) is 21.0. The second-order valence-corrected chi connectivity index (χ2v) is 8.51. The van der Waals surface area contributed by atoms with E-state index in [0.717, 1.165) is 66.4 Å². The van der Waals surface area contributed by atoms with Crippen molar-refractivity contribution in [1.29, 1.82) is 0 Å². The third-order valence-electron chi connectivity index (χ3n) is 5.88. The average molecular weight is 414 g/mol. The molecule has 4 rings (SSSR count). The zero-order valence-corrected chi connectivity index (χ0v) is 17.9. The quantitative estimate of drug-likeness (QED) is 0.640. The van der Waals surface area contributed by atoms with Crippen LogP contribution >= 0.6 is 0 Å². The van der Waals surface area contributed by atoms with Crippen molar-refractivity contribution in [1.82, 2.24) is 4.90 Å². The Morgan fingerprint density at radius 1 is 0.767 bits per heavy atom.